The smallest absolute Gasteiger partial charge is 0.230 e. The Kier molecular flexibility index (Phi) is 7.56. The molecule has 13 heavy (non-hydrogen) atoms. The third-order valence-corrected chi connectivity index (χ3v) is 2.33. The molecule has 1 amide bonds. The number of thioether (sulfide) groups is 1. The third-order valence-electron chi connectivity index (χ3n) is 1.34. The van der Waals surface area contributed by atoms with E-state index in [-0.39, 0.29) is 11.9 Å². The van der Waals surface area contributed by atoms with Crippen molar-refractivity contribution in [1.29, 1.82) is 0 Å². The van der Waals surface area contributed by atoms with E-state index < -0.39 is 0 Å². The fraction of sp³-hybridized carbons (Fsp3) is 0.667. The highest BCUT2D eigenvalue weighted by atomic mass is 32.2. The second kappa shape index (κ2) is 7.96. The van der Waals surface area contributed by atoms with Crippen LogP contribution in [0.4, 0.5) is 0 Å². The molecule has 0 aromatic heterocycles. The van der Waals surface area contributed by atoms with Crippen LogP contribution in [0.15, 0.2) is 0 Å². The summed E-state index contributed by atoms with van der Waals surface area (Å²) in [5.41, 5.74) is 5.55. The number of carbonyl (C=O) groups is 1. The maximum atomic E-state index is 11.0. The van der Waals surface area contributed by atoms with Crippen LogP contribution in [0.3, 0.4) is 0 Å². The SMILES string of the molecule is C#CCNC(=O)CSCCC(C)N. The van der Waals surface area contributed by atoms with Crippen molar-refractivity contribution in [3.63, 3.8) is 0 Å². The van der Waals surface area contributed by atoms with E-state index >= 15 is 0 Å². The van der Waals surface area contributed by atoms with Crippen LogP contribution >= 0.6 is 11.8 Å². The Morgan fingerprint density at radius 2 is 2.46 bits per heavy atom. The van der Waals surface area contributed by atoms with Crippen LogP contribution < -0.4 is 11.1 Å². The molecule has 0 saturated carbocycles. The quantitative estimate of drug-likeness (QED) is 0.476. The van der Waals surface area contributed by atoms with Crippen molar-refractivity contribution < 1.29 is 4.79 Å². The predicted octanol–water partition coefficient (Wildman–Crippen LogP) is 0.206. The number of carbonyl (C=O) groups excluding carboxylic acids is 1. The maximum absolute atomic E-state index is 11.0. The van der Waals surface area contributed by atoms with Gasteiger partial charge in [0, 0.05) is 6.04 Å². The van der Waals surface area contributed by atoms with Gasteiger partial charge in [0.25, 0.3) is 0 Å². The highest BCUT2D eigenvalue weighted by Crippen LogP contribution is 2.02. The average molecular weight is 200 g/mol. The molecule has 3 N–H and O–H groups in total. The number of hydrogen-bond donors (Lipinski definition) is 2. The molecule has 0 aromatic carbocycles. The van der Waals surface area contributed by atoms with Gasteiger partial charge in [0.2, 0.25) is 5.91 Å². The fourth-order valence-corrected chi connectivity index (χ4v) is 1.60. The van der Waals surface area contributed by atoms with Crippen LogP contribution in [0.5, 0.6) is 0 Å². The number of terminal acetylenes is 1. The van der Waals surface area contributed by atoms with Gasteiger partial charge in [-0.1, -0.05) is 5.92 Å². The lowest BCUT2D eigenvalue weighted by Gasteiger charge is -2.04. The zero-order chi connectivity index (χ0) is 10.1. The molecular formula is C9H16N2OS. The number of rotatable bonds is 6. The molecule has 4 heteroatoms. The van der Waals surface area contributed by atoms with Gasteiger partial charge in [0.05, 0.1) is 12.3 Å². The fourth-order valence-electron chi connectivity index (χ4n) is 0.635. The first-order chi connectivity index (χ1) is 6.16. The topological polar surface area (TPSA) is 55.1 Å². The van der Waals surface area contributed by atoms with Crippen LogP contribution in [0.25, 0.3) is 0 Å². The largest absolute Gasteiger partial charge is 0.344 e. The van der Waals surface area contributed by atoms with E-state index in [0.29, 0.717) is 12.3 Å². The molecule has 0 aliphatic rings. The molecule has 0 aliphatic carbocycles. The van der Waals surface area contributed by atoms with E-state index in [4.69, 9.17) is 12.2 Å². The van der Waals surface area contributed by atoms with Crippen LogP contribution in [0, 0.1) is 12.3 Å². The molecule has 0 heterocycles. The number of amides is 1. The zero-order valence-electron chi connectivity index (χ0n) is 7.88. The third kappa shape index (κ3) is 9.25. The summed E-state index contributed by atoms with van der Waals surface area (Å²) < 4.78 is 0. The molecule has 0 fully saturated rings. The van der Waals surface area contributed by atoms with E-state index in [0.717, 1.165) is 12.2 Å². The molecule has 74 valence electrons. The molecule has 0 aliphatic heterocycles. The van der Waals surface area contributed by atoms with Gasteiger partial charge >= 0.3 is 0 Å². The minimum absolute atomic E-state index is 0.00683. The maximum Gasteiger partial charge on any atom is 0.230 e. The van der Waals surface area contributed by atoms with Crippen LogP contribution in [-0.2, 0) is 4.79 Å². The second-order valence-electron chi connectivity index (χ2n) is 2.80. The van der Waals surface area contributed by atoms with Crippen LogP contribution in [-0.4, -0.2) is 30.0 Å². The normalized spacial score (nSPS) is 11.8. The summed E-state index contributed by atoms with van der Waals surface area (Å²) in [6, 6.07) is 0.210. The van der Waals surface area contributed by atoms with E-state index in [9.17, 15) is 4.79 Å². The molecule has 0 radical (unpaired) electrons. The Bertz CT molecular complexity index is 187. The van der Waals surface area contributed by atoms with Gasteiger partial charge in [0.15, 0.2) is 0 Å². The minimum atomic E-state index is -0.00683. The van der Waals surface area contributed by atoms with Gasteiger partial charge in [-0.3, -0.25) is 4.79 Å². The predicted molar refractivity (Wildman–Crippen MR) is 57.4 cm³/mol. The summed E-state index contributed by atoms with van der Waals surface area (Å²) >= 11 is 1.58. The molecular weight excluding hydrogens is 184 g/mol. The Hall–Kier alpha value is -0.660. The van der Waals surface area contributed by atoms with Crippen molar-refractivity contribution in [2.75, 3.05) is 18.1 Å². The van der Waals surface area contributed by atoms with Crippen molar-refractivity contribution in [2.45, 2.75) is 19.4 Å². The Balaban J connectivity index is 3.23. The monoisotopic (exact) mass is 200 g/mol. The number of hydrogen-bond acceptors (Lipinski definition) is 3. The summed E-state index contributed by atoms with van der Waals surface area (Å²) in [5, 5.41) is 2.59. The lowest BCUT2D eigenvalue weighted by atomic mass is 10.3. The lowest BCUT2D eigenvalue weighted by molar-refractivity contribution is -0.118. The summed E-state index contributed by atoms with van der Waals surface area (Å²) in [7, 11) is 0. The van der Waals surface area contributed by atoms with Gasteiger partial charge in [-0.25, -0.2) is 0 Å². The molecule has 0 aromatic rings. The van der Waals surface area contributed by atoms with Gasteiger partial charge in [0.1, 0.15) is 0 Å². The summed E-state index contributed by atoms with van der Waals surface area (Å²) in [4.78, 5) is 11.0. The lowest BCUT2D eigenvalue weighted by Crippen LogP contribution is -2.25. The molecule has 0 rings (SSSR count). The summed E-state index contributed by atoms with van der Waals surface area (Å²) in [6.07, 6.45) is 5.92. The van der Waals surface area contributed by atoms with E-state index in [1.54, 1.807) is 11.8 Å². The van der Waals surface area contributed by atoms with Crippen LogP contribution in [0.2, 0.25) is 0 Å². The highest BCUT2D eigenvalue weighted by Gasteiger charge is 2.00. The van der Waals surface area contributed by atoms with Gasteiger partial charge in [-0.15, -0.1) is 6.42 Å². The molecule has 1 atom stereocenters. The first-order valence-corrected chi connectivity index (χ1v) is 5.35. The zero-order valence-corrected chi connectivity index (χ0v) is 8.69. The molecule has 0 bridgehead atoms. The van der Waals surface area contributed by atoms with Crippen molar-refractivity contribution in [1.82, 2.24) is 5.32 Å². The second-order valence-corrected chi connectivity index (χ2v) is 3.90. The van der Waals surface area contributed by atoms with Crippen molar-refractivity contribution >= 4 is 17.7 Å². The summed E-state index contributed by atoms with van der Waals surface area (Å²) in [5.74, 6) is 3.72. The van der Waals surface area contributed by atoms with E-state index in [1.165, 1.54) is 0 Å². The number of nitrogens with one attached hydrogen (secondary N) is 1. The first kappa shape index (κ1) is 12.3. The van der Waals surface area contributed by atoms with Crippen molar-refractivity contribution in [3.05, 3.63) is 0 Å². The van der Waals surface area contributed by atoms with Gasteiger partial charge in [-0.2, -0.15) is 11.8 Å². The molecule has 0 spiro atoms. The summed E-state index contributed by atoms with van der Waals surface area (Å²) in [6.45, 7) is 2.27. The molecule has 1 unspecified atom stereocenters. The van der Waals surface area contributed by atoms with Crippen LogP contribution in [0.1, 0.15) is 13.3 Å². The van der Waals surface area contributed by atoms with Gasteiger partial charge in [-0.05, 0) is 19.1 Å². The molecule has 0 saturated heterocycles. The minimum Gasteiger partial charge on any atom is -0.344 e. The Morgan fingerprint density at radius 3 is 3.00 bits per heavy atom. The number of nitrogens with two attached hydrogens (primary N) is 1. The average Bonchev–Trinajstić information content (AvgIpc) is 2.08. The highest BCUT2D eigenvalue weighted by molar-refractivity contribution is 7.99. The van der Waals surface area contributed by atoms with Gasteiger partial charge < -0.3 is 11.1 Å². The Labute approximate surface area is 83.8 Å². The van der Waals surface area contributed by atoms with E-state index in [1.807, 2.05) is 6.92 Å². The Morgan fingerprint density at radius 1 is 1.77 bits per heavy atom. The standard InChI is InChI=1S/C9H16N2OS/c1-3-5-11-9(12)7-13-6-4-8(2)10/h1,8H,4-7,10H2,2H3,(H,11,12). The first-order valence-electron chi connectivity index (χ1n) is 4.20. The van der Waals surface area contributed by atoms with E-state index in [2.05, 4.69) is 11.2 Å². The van der Waals surface area contributed by atoms with Crippen molar-refractivity contribution in [2.24, 2.45) is 5.73 Å². The molecule has 3 nitrogen and oxygen atoms in total. The van der Waals surface area contributed by atoms with Crippen molar-refractivity contribution in [3.8, 4) is 12.3 Å².